The number of nitrogens with two attached hydrogens (primary N) is 1. The molecule has 1 fully saturated rings. The summed E-state index contributed by atoms with van der Waals surface area (Å²) in [5.74, 6) is 0.837. The third-order valence-electron chi connectivity index (χ3n) is 3.64. The minimum Gasteiger partial charge on any atom is -0.496 e. The van der Waals surface area contributed by atoms with Gasteiger partial charge < -0.3 is 15.8 Å². The molecule has 0 atom stereocenters. The highest BCUT2D eigenvalue weighted by Gasteiger charge is 2.47. The molecule has 1 amide bonds. The molecule has 1 aliphatic rings. The molecule has 4 N–H and O–H groups in total. The van der Waals surface area contributed by atoms with Crippen LogP contribution in [-0.2, 0) is 5.54 Å². The maximum absolute atomic E-state index is 12.3. The summed E-state index contributed by atoms with van der Waals surface area (Å²) in [5.41, 5.74) is 6.68. The number of nitrogens with one attached hydrogen (secondary N) is 2. The minimum atomic E-state index is -0.354. The summed E-state index contributed by atoms with van der Waals surface area (Å²) >= 11 is 0. The Kier molecular flexibility index (Phi) is 2.85. The van der Waals surface area contributed by atoms with Crippen LogP contribution in [0.2, 0.25) is 0 Å². The highest BCUT2D eigenvalue weighted by atomic mass is 16.5. The van der Waals surface area contributed by atoms with Crippen LogP contribution in [0.3, 0.4) is 0 Å². The summed E-state index contributed by atoms with van der Waals surface area (Å²) in [4.78, 5) is 12.3. The van der Waals surface area contributed by atoms with Gasteiger partial charge in [0.25, 0.3) is 5.91 Å². The predicted molar refractivity (Wildman–Crippen MR) is 74.4 cm³/mol. The highest BCUT2D eigenvalue weighted by molar-refractivity contribution is 5.98. The number of amides is 1. The van der Waals surface area contributed by atoms with Gasteiger partial charge in [0.1, 0.15) is 17.1 Å². The molecule has 6 heteroatoms. The molecule has 0 aliphatic heterocycles. The van der Waals surface area contributed by atoms with E-state index >= 15 is 0 Å². The fourth-order valence-electron chi connectivity index (χ4n) is 2.39. The molecule has 3 rings (SSSR count). The van der Waals surface area contributed by atoms with Crippen molar-refractivity contribution in [2.75, 3.05) is 12.8 Å². The van der Waals surface area contributed by atoms with Crippen LogP contribution in [0.15, 0.2) is 30.5 Å². The fourth-order valence-corrected chi connectivity index (χ4v) is 2.39. The summed E-state index contributed by atoms with van der Waals surface area (Å²) < 4.78 is 5.37. The topological polar surface area (TPSA) is 93.0 Å². The lowest BCUT2D eigenvalue weighted by Crippen LogP contribution is -2.35. The average Bonchev–Trinajstić information content (AvgIpc) is 3.11. The van der Waals surface area contributed by atoms with Crippen LogP contribution < -0.4 is 15.8 Å². The second-order valence-corrected chi connectivity index (χ2v) is 4.93. The van der Waals surface area contributed by atoms with Gasteiger partial charge in [0.2, 0.25) is 0 Å². The van der Waals surface area contributed by atoms with E-state index in [1.165, 1.54) is 6.20 Å². The van der Waals surface area contributed by atoms with E-state index in [1.54, 1.807) is 7.11 Å². The van der Waals surface area contributed by atoms with Gasteiger partial charge in [-0.1, -0.05) is 18.2 Å². The molecule has 104 valence electrons. The fraction of sp³-hybridized carbons (Fsp3) is 0.286. The lowest BCUT2D eigenvalue weighted by molar-refractivity contribution is 0.0931. The van der Waals surface area contributed by atoms with E-state index in [2.05, 4.69) is 15.5 Å². The molecule has 20 heavy (non-hydrogen) atoms. The first-order valence-electron chi connectivity index (χ1n) is 6.41. The van der Waals surface area contributed by atoms with Crippen molar-refractivity contribution in [1.82, 2.24) is 15.5 Å². The summed E-state index contributed by atoms with van der Waals surface area (Å²) in [6, 6.07) is 7.73. The Labute approximate surface area is 116 Å². The number of methoxy groups -OCH3 is 1. The molecule has 1 aliphatic carbocycles. The van der Waals surface area contributed by atoms with Crippen molar-refractivity contribution in [3.8, 4) is 5.75 Å². The molecule has 2 aromatic rings. The Bertz CT molecular complexity index is 646. The molecule has 0 bridgehead atoms. The van der Waals surface area contributed by atoms with Crippen molar-refractivity contribution in [2.24, 2.45) is 0 Å². The van der Waals surface area contributed by atoms with Crippen molar-refractivity contribution >= 4 is 11.7 Å². The summed E-state index contributed by atoms with van der Waals surface area (Å²) in [7, 11) is 1.63. The number of carbonyl (C=O) groups is 1. The zero-order valence-corrected chi connectivity index (χ0v) is 11.1. The number of H-pyrrole nitrogens is 1. The standard InChI is InChI=1S/C14H16N4O2/c1-20-11-5-3-2-4-10(11)14(6-7-14)17-13(19)9-8-16-18-12(9)15/h2-5,8H,6-7H2,1H3,(H,17,19)(H3,15,16,18). The van der Waals surface area contributed by atoms with Crippen molar-refractivity contribution in [1.29, 1.82) is 0 Å². The number of hydrogen-bond acceptors (Lipinski definition) is 4. The Morgan fingerprint density at radius 3 is 2.80 bits per heavy atom. The molecule has 1 aromatic carbocycles. The summed E-state index contributed by atoms with van der Waals surface area (Å²) in [6.45, 7) is 0. The Morgan fingerprint density at radius 1 is 1.45 bits per heavy atom. The first-order valence-corrected chi connectivity index (χ1v) is 6.41. The van der Waals surface area contributed by atoms with Crippen LogP contribution in [-0.4, -0.2) is 23.2 Å². The molecule has 1 heterocycles. The second-order valence-electron chi connectivity index (χ2n) is 4.93. The van der Waals surface area contributed by atoms with Crippen LogP contribution in [0, 0.1) is 0 Å². The molecule has 0 saturated heterocycles. The van der Waals surface area contributed by atoms with Crippen LogP contribution >= 0.6 is 0 Å². The van der Waals surface area contributed by atoms with Crippen molar-refractivity contribution in [3.05, 3.63) is 41.6 Å². The molecular formula is C14H16N4O2. The van der Waals surface area contributed by atoms with Gasteiger partial charge in [-0.25, -0.2) is 0 Å². The monoisotopic (exact) mass is 272 g/mol. The van der Waals surface area contributed by atoms with Gasteiger partial charge in [-0.05, 0) is 18.9 Å². The van der Waals surface area contributed by atoms with Gasteiger partial charge in [0.05, 0.1) is 18.8 Å². The van der Waals surface area contributed by atoms with Crippen molar-refractivity contribution < 1.29 is 9.53 Å². The van der Waals surface area contributed by atoms with E-state index in [-0.39, 0.29) is 17.3 Å². The molecule has 1 saturated carbocycles. The van der Waals surface area contributed by atoms with Crippen LogP contribution in [0.25, 0.3) is 0 Å². The largest absolute Gasteiger partial charge is 0.496 e. The third-order valence-corrected chi connectivity index (χ3v) is 3.64. The molecule has 0 spiro atoms. The van der Waals surface area contributed by atoms with Crippen LogP contribution in [0.5, 0.6) is 5.75 Å². The smallest absolute Gasteiger partial charge is 0.257 e. The number of hydrogen-bond donors (Lipinski definition) is 3. The Morgan fingerprint density at radius 2 is 2.20 bits per heavy atom. The third kappa shape index (κ3) is 1.99. The number of para-hydroxylation sites is 1. The van der Waals surface area contributed by atoms with Gasteiger partial charge in [0.15, 0.2) is 0 Å². The van der Waals surface area contributed by atoms with E-state index in [4.69, 9.17) is 10.5 Å². The molecule has 1 aromatic heterocycles. The van der Waals surface area contributed by atoms with E-state index in [0.717, 1.165) is 24.2 Å². The summed E-state index contributed by atoms with van der Waals surface area (Å²) in [5, 5.41) is 9.37. The van der Waals surface area contributed by atoms with Gasteiger partial charge in [0, 0.05) is 5.56 Å². The number of aromatic nitrogens is 2. The maximum Gasteiger partial charge on any atom is 0.257 e. The highest BCUT2D eigenvalue weighted by Crippen LogP contribution is 2.49. The number of aromatic amines is 1. The van der Waals surface area contributed by atoms with Crippen LogP contribution in [0.4, 0.5) is 5.82 Å². The van der Waals surface area contributed by atoms with Gasteiger partial charge in [-0.3, -0.25) is 9.89 Å². The normalized spacial score (nSPS) is 15.7. The number of rotatable bonds is 4. The number of nitrogen functional groups attached to an aromatic ring is 1. The van der Waals surface area contributed by atoms with E-state index < -0.39 is 0 Å². The first kappa shape index (κ1) is 12.5. The predicted octanol–water partition coefficient (Wildman–Crippen LogP) is 1.42. The molecule has 0 unspecified atom stereocenters. The number of ether oxygens (including phenoxy) is 1. The molecular weight excluding hydrogens is 256 g/mol. The first-order chi connectivity index (χ1) is 9.66. The lowest BCUT2D eigenvalue weighted by atomic mass is 10.0. The van der Waals surface area contributed by atoms with E-state index in [9.17, 15) is 4.79 Å². The Balaban J connectivity index is 1.87. The quantitative estimate of drug-likeness (QED) is 0.784. The Hall–Kier alpha value is -2.50. The van der Waals surface area contributed by atoms with E-state index in [0.29, 0.717) is 5.56 Å². The lowest BCUT2D eigenvalue weighted by Gasteiger charge is -2.20. The second kappa shape index (κ2) is 4.56. The van der Waals surface area contributed by atoms with Gasteiger partial charge >= 0.3 is 0 Å². The zero-order chi connectivity index (χ0) is 14.2. The van der Waals surface area contributed by atoms with Gasteiger partial charge in [-0.15, -0.1) is 0 Å². The molecule has 6 nitrogen and oxygen atoms in total. The van der Waals surface area contributed by atoms with E-state index in [1.807, 2.05) is 24.3 Å². The number of nitrogens with zero attached hydrogens (tertiary/aromatic N) is 1. The van der Waals surface area contributed by atoms with Crippen LogP contribution in [0.1, 0.15) is 28.8 Å². The average molecular weight is 272 g/mol. The van der Waals surface area contributed by atoms with Gasteiger partial charge in [-0.2, -0.15) is 5.10 Å². The SMILES string of the molecule is COc1ccccc1C1(NC(=O)c2cn[nH]c2N)CC1. The number of carbonyl (C=O) groups excluding carboxylic acids is 1. The van der Waals surface area contributed by atoms with Crippen molar-refractivity contribution in [2.45, 2.75) is 18.4 Å². The number of benzene rings is 1. The molecule has 0 radical (unpaired) electrons. The minimum absolute atomic E-state index is 0.223. The van der Waals surface area contributed by atoms with Crippen molar-refractivity contribution in [3.63, 3.8) is 0 Å². The maximum atomic E-state index is 12.3. The zero-order valence-electron chi connectivity index (χ0n) is 11.1. The number of anilines is 1. The summed E-state index contributed by atoms with van der Waals surface area (Å²) in [6.07, 6.45) is 3.21.